The minimum absolute atomic E-state index is 0.132. The smallest absolute Gasteiger partial charge is 0.238 e. The van der Waals surface area contributed by atoms with Gasteiger partial charge in [0, 0.05) is 5.02 Å². The summed E-state index contributed by atoms with van der Waals surface area (Å²) in [5.74, 6) is -0.132. The Hall–Kier alpha value is -1.55. The molecule has 0 saturated heterocycles. The predicted molar refractivity (Wildman–Crippen MR) is 88.1 cm³/mol. The number of hydrogen-bond donors (Lipinski definition) is 2. The van der Waals surface area contributed by atoms with Gasteiger partial charge in [-0.2, -0.15) is 0 Å². The van der Waals surface area contributed by atoms with Gasteiger partial charge in [-0.3, -0.25) is 4.79 Å². The molecular formula is C16H16Cl2N2O. The lowest BCUT2D eigenvalue weighted by Crippen LogP contribution is -2.29. The Morgan fingerprint density at radius 3 is 2.52 bits per heavy atom. The van der Waals surface area contributed by atoms with Crippen molar-refractivity contribution in [2.24, 2.45) is 0 Å². The third-order valence-electron chi connectivity index (χ3n) is 2.92. The maximum atomic E-state index is 11.8. The normalized spacial score (nSPS) is 10.4. The van der Waals surface area contributed by atoms with Crippen LogP contribution in [0.4, 0.5) is 5.69 Å². The van der Waals surface area contributed by atoms with Crippen LogP contribution >= 0.6 is 23.2 Å². The van der Waals surface area contributed by atoms with Gasteiger partial charge in [0.05, 0.1) is 17.3 Å². The van der Waals surface area contributed by atoms with E-state index in [0.717, 1.165) is 13.0 Å². The SMILES string of the molecule is O=C(CNCCc1ccccc1)Nc1ccc(Cl)cc1Cl. The molecule has 5 heteroatoms. The molecule has 0 aliphatic carbocycles. The van der Waals surface area contributed by atoms with Crippen molar-refractivity contribution in [3.63, 3.8) is 0 Å². The highest BCUT2D eigenvalue weighted by atomic mass is 35.5. The summed E-state index contributed by atoms with van der Waals surface area (Å²) < 4.78 is 0. The lowest BCUT2D eigenvalue weighted by Gasteiger charge is -2.08. The zero-order valence-electron chi connectivity index (χ0n) is 11.4. The second kappa shape index (κ2) is 8.03. The van der Waals surface area contributed by atoms with Crippen LogP contribution in [-0.2, 0) is 11.2 Å². The molecule has 0 heterocycles. The molecule has 2 aromatic carbocycles. The van der Waals surface area contributed by atoms with E-state index in [4.69, 9.17) is 23.2 Å². The van der Waals surface area contributed by atoms with Crippen LogP contribution in [0, 0.1) is 0 Å². The Balaban J connectivity index is 1.72. The molecule has 0 unspecified atom stereocenters. The molecule has 0 bridgehead atoms. The molecular weight excluding hydrogens is 307 g/mol. The molecule has 0 aliphatic heterocycles. The summed E-state index contributed by atoms with van der Waals surface area (Å²) in [5, 5.41) is 6.82. The third-order valence-corrected chi connectivity index (χ3v) is 3.47. The number of carbonyl (C=O) groups excluding carboxylic acids is 1. The first-order chi connectivity index (χ1) is 10.1. The zero-order chi connectivity index (χ0) is 15.1. The van der Waals surface area contributed by atoms with Crippen molar-refractivity contribution in [3.8, 4) is 0 Å². The molecule has 1 amide bonds. The quantitative estimate of drug-likeness (QED) is 0.795. The van der Waals surface area contributed by atoms with E-state index in [1.165, 1.54) is 5.56 Å². The van der Waals surface area contributed by atoms with Gasteiger partial charge in [-0.1, -0.05) is 53.5 Å². The van der Waals surface area contributed by atoms with Gasteiger partial charge in [-0.05, 0) is 36.7 Å². The van der Waals surface area contributed by atoms with Crippen molar-refractivity contribution in [2.75, 3.05) is 18.4 Å². The van der Waals surface area contributed by atoms with Crippen LogP contribution in [0.3, 0.4) is 0 Å². The summed E-state index contributed by atoms with van der Waals surface area (Å²) in [5.41, 5.74) is 1.81. The first kappa shape index (κ1) is 15.8. The van der Waals surface area contributed by atoms with E-state index < -0.39 is 0 Å². The maximum Gasteiger partial charge on any atom is 0.238 e. The molecule has 0 spiro atoms. The van der Waals surface area contributed by atoms with Gasteiger partial charge in [0.15, 0.2) is 0 Å². The second-order valence-corrected chi connectivity index (χ2v) is 5.43. The summed E-state index contributed by atoms with van der Waals surface area (Å²) in [4.78, 5) is 11.8. The summed E-state index contributed by atoms with van der Waals surface area (Å²) in [7, 11) is 0. The molecule has 0 radical (unpaired) electrons. The zero-order valence-corrected chi connectivity index (χ0v) is 12.9. The van der Waals surface area contributed by atoms with Gasteiger partial charge in [0.2, 0.25) is 5.91 Å². The molecule has 21 heavy (non-hydrogen) atoms. The van der Waals surface area contributed by atoms with Crippen molar-refractivity contribution < 1.29 is 4.79 Å². The van der Waals surface area contributed by atoms with E-state index in [0.29, 0.717) is 15.7 Å². The molecule has 2 aromatic rings. The Kier molecular flexibility index (Phi) is 6.05. The average Bonchev–Trinajstić information content (AvgIpc) is 2.48. The van der Waals surface area contributed by atoms with E-state index in [9.17, 15) is 4.79 Å². The number of amides is 1. The van der Waals surface area contributed by atoms with Crippen LogP contribution in [0.5, 0.6) is 0 Å². The first-order valence-electron chi connectivity index (χ1n) is 6.65. The van der Waals surface area contributed by atoms with Crippen LogP contribution in [0.1, 0.15) is 5.56 Å². The molecule has 0 atom stereocenters. The maximum absolute atomic E-state index is 11.8. The lowest BCUT2D eigenvalue weighted by molar-refractivity contribution is -0.115. The van der Waals surface area contributed by atoms with Gasteiger partial charge in [0.25, 0.3) is 0 Å². The average molecular weight is 323 g/mol. The molecule has 2 N–H and O–H groups in total. The first-order valence-corrected chi connectivity index (χ1v) is 7.40. The Bertz CT molecular complexity index is 602. The highest BCUT2D eigenvalue weighted by Crippen LogP contribution is 2.25. The Labute approximate surface area is 134 Å². The largest absolute Gasteiger partial charge is 0.324 e. The topological polar surface area (TPSA) is 41.1 Å². The van der Waals surface area contributed by atoms with Crippen molar-refractivity contribution in [1.82, 2.24) is 5.32 Å². The molecule has 0 aromatic heterocycles. The van der Waals surface area contributed by atoms with Crippen molar-refractivity contribution in [2.45, 2.75) is 6.42 Å². The third kappa shape index (κ3) is 5.38. The van der Waals surface area contributed by atoms with Crippen molar-refractivity contribution in [3.05, 3.63) is 64.1 Å². The van der Waals surface area contributed by atoms with Crippen LogP contribution in [0.15, 0.2) is 48.5 Å². The molecule has 0 aliphatic rings. The van der Waals surface area contributed by atoms with Crippen molar-refractivity contribution >= 4 is 34.8 Å². The van der Waals surface area contributed by atoms with Crippen LogP contribution in [0.25, 0.3) is 0 Å². The molecule has 3 nitrogen and oxygen atoms in total. The fraction of sp³-hybridized carbons (Fsp3) is 0.188. The second-order valence-electron chi connectivity index (χ2n) is 4.58. The van der Waals surface area contributed by atoms with E-state index >= 15 is 0 Å². The van der Waals surface area contributed by atoms with Gasteiger partial charge >= 0.3 is 0 Å². The number of halogens is 2. The number of anilines is 1. The number of nitrogens with one attached hydrogen (secondary N) is 2. The van der Waals surface area contributed by atoms with Gasteiger partial charge in [-0.25, -0.2) is 0 Å². The van der Waals surface area contributed by atoms with E-state index in [-0.39, 0.29) is 12.5 Å². The molecule has 0 fully saturated rings. The lowest BCUT2D eigenvalue weighted by atomic mass is 10.1. The minimum atomic E-state index is -0.132. The van der Waals surface area contributed by atoms with Crippen LogP contribution in [0.2, 0.25) is 10.0 Å². The Morgan fingerprint density at radius 1 is 1.05 bits per heavy atom. The standard InChI is InChI=1S/C16H16Cl2N2O/c17-13-6-7-15(14(18)10-13)20-16(21)11-19-9-8-12-4-2-1-3-5-12/h1-7,10,19H,8-9,11H2,(H,20,21). The highest BCUT2D eigenvalue weighted by Gasteiger charge is 2.05. The van der Waals surface area contributed by atoms with Gasteiger partial charge in [-0.15, -0.1) is 0 Å². The molecule has 0 saturated carbocycles. The molecule has 110 valence electrons. The molecule has 2 rings (SSSR count). The van der Waals surface area contributed by atoms with E-state index in [1.807, 2.05) is 18.2 Å². The summed E-state index contributed by atoms with van der Waals surface area (Å²) in [6.45, 7) is 0.984. The Morgan fingerprint density at radius 2 is 1.81 bits per heavy atom. The van der Waals surface area contributed by atoms with Gasteiger partial charge in [0.1, 0.15) is 0 Å². The fourth-order valence-electron chi connectivity index (χ4n) is 1.86. The number of benzene rings is 2. The number of carbonyl (C=O) groups is 1. The number of hydrogen-bond acceptors (Lipinski definition) is 2. The summed E-state index contributed by atoms with van der Waals surface area (Å²) in [6, 6.07) is 15.1. The fourth-order valence-corrected chi connectivity index (χ4v) is 2.32. The highest BCUT2D eigenvalue weighted by molar-refractivity contribution is 6.36. The van der Waals surface area contributed by atoms with Gasteiger partial charge < -0.3 is 10.6 Å². The van der Waals surface area contributed by atoms with Crippen LogP contribution in [-0.4, -0.2) is 19.0 Å². The monoisotopic (exact) mass is 322 g/mol. The minimum Gasteiger partial charge on any atom is -0.324 e. The van der Waals surface area contributed by atoms with E-state index in [1.54, 1.807) is 18.2 Å². The van der Waals surface area contributed by atoms with Crippen molar-refractivity contribution in [1.29, 1.82) is 0 Å². The summed E-state index contributed by atoms with van der Waals surface area (Å²) >= 11 is 11.8. The predicted octanol–water partition coefficient (Wildman–Crippen LogP) is 3.76. The summed E-state index contributed by atoms with van der Waals surface area (Å²) in [6.07, 6.45) is 0.885. The van der Waals surface area contributed by atoms with E-state index in [2.05, 4.69) is 22.8 Å². The van der Waals surface area contributed by atoms with Crippen LogP contribution < -0.4 is 10.6 Å². The number of rotatable bonds is 6.